The number of fused-ring (bicyclic) bond motifs is 1. The van der Waals surface area contributed by atoms with Crippen molar-refractivity contribution in [1.82, 2.24) is 10.3 Å². The van der Waals surface area contributed by atoms with E-state index >= 15 is 0 Å². The SMILES string of the molecule is CCCNC(CO)c1ccc2ncccc2c1. The number of nitrogens with zero attached hydrogens (tertiary/aromatic N) is 1. The van der Waals surface area contributed by atoms with E-state index in [9.17, 15) is 5.11 Å². The molecule has 1 atom stereocenters. The number of aromatic nitrogens is 1. The Kier molecular flexibility index (Phi) is 4.07. The van der Waals surface area contributed by atoms with Gasteiger partial charge in [-0.15, -0.1) is 0 Å². The van der Waals surface area contributed by atoms with Gasteiger partial charge in [0.2, 0.25) is 0 Å². The molecule has 2 N–H and O–H groups in total. The molecule has 1 aromatic carbocycles. The second-order valence-electron chi connectivity index (χ2n) is 4.14. The van der Waals surface area contributed by atoms with E-state index in [-0.39, 0.29) is 12.6 Å². The average molecular weight is 230 g/mol. The molecule has 1 heterocycles. The fraction of sp³-hybridized carbons (Fsp3) is 0.357. The fourth-order valence-electron chi connectivity index (χ4n) is 1.92. The Morgan fingerprint density at radius 1 is 1.35 bits per heavy atom. The van der Waals surface area contributed by atoms with Gasteiger partial charge >= 0.3 is 0 Å². The highest BCUT2D eigenvalue weighted by Crippen LogP contribution is 2.18. The number of aliphatic hydroxyl groups excluding tert-OH is 1. The molecule has 0 amide bonds. The molecule has 1 aromatic heterocycles. The molecule has 0 saturated heterocycles. The Morgan fingerprint density at radius 2 is 2.24 bits per heavy atom. The van der Waals surface area contributed by atoms with Crippen molar-refractivity contribution in [3.05, 3.63) is 42.1 Å². The summed E-state index contributed by atoms with van der Waals surface area (Å²) in [6, 6.07) is 10.1. The van der Waals surface area contributed by atoms with Crippen LogP contribution in [-0.4, -0.2) is 23.2 Å². The Bertz CT molecular complexity index is 484. The zero-order valence-electron chi connectivity index (χ0n) is 10.1. The Labute approximate surface area is 102 Å². The van der Waals surface area contributed by atoms with Crippen molar-refractivity contribution >= 4 is 10.9 Å². The summed E-state index contributed by atoms with van der Waals surface area (Å²) in [5.74, 6) is 0. The minimum absolute atomic E-state index is 0.0135. The van der Waals surface area contributed by atoms with Crippen molar-refractivity contribution in [1.29, 1.82) is 0 Å². The van der Waals surface area contributed by atoms with E-state index in [1.54, 1.807) is 6.20 Å². The van der Waals surface area contributed by atoms with Crippen LogP contribution < -0.4 is 5.32 Å². The third-order valence-electron chi connectivity index (χ3n) is 2.85. The summed E-state index contributed by atoms with van der Waals surface area (Å²) >= 11 is 0. The second-order valence-corrected chi connectivity index (χ2v) is 4.14. The lowest BCUT2D eigenvalue weighted by Crippen LogP contribution is -2.24. The molecule has 0 saturated carbocycles. The maximum absolute atomic E-state index is 9.40. The second kappa shape index (κ2) is 5.75. The predicted molar refractivity (Wildman–Crippen MR) is 69.9 cm³/mol. The molecule has 3 nitrogen and oxygen atoms in total. The largest absolute Gasteiger partial charge is 0.394 e. The van der Waals surface area contributed by atoms with E-state index in [1.807, 2.05) is 24.3 Å². The van der Waals surface area contributed by atoms with Crippen LogP contribution in [-0.2, 0) is 0 Å². The lowest BCUT2D eigenvalue weighted by atomic mass is 10.0. The summed E-state index contributed by atoms with van der Waals surface area (Å²) in [4.78, 5) is 4.29. The first-order valence-electron chi connectivity index (χ1n) is 6.04. The number of rotatable bonds is 5. The van der Waals surface area contributed by atoms with Gasteiger partial charge in [-0.3, -0.25) is 4.98 Å². The van der Waals surface area contributed by atoms with Crippen LogP contribution in [0.25, 0.3) is 10.9 Å². The van der Waals surface area contributed by atoms with Crippen LogP contribution in [0.5, 0.6) is 0 Å². The standard InChI is InChI=1S/C14H18N2O/c1-2-7-15-14(10-17)12-5-6-13-11(9-12)4-3-8-16-13/h3-6,8-9,14-15,17H,2,7,10H2,1H3. The summed E-state index contributed by atoms with van der Waals surface area (Å²) in [5, 5.41) is 13.8. The minimum Gasteiger partial charge on any atom is -0.394 e. The molecule has 0 aliphatic carbocycles. The van der Waals surface area contributed by atoms with E-state index in [0.717, 1.165) is 29.4 Å². The molecule has 0 aliphatic heterocycles. The summed E-state index contributed by atoms with van der Waals surface area (Å²) in [7, 11) is 0. The highest BCUT2D eigenvalue weighted by Gasteiger charge is 2.09. The smallest absolute Gasteiger partial charge is 0.0702 e. The van der Waals surface area contributed by atoms with Crippen molar-refractivity contribution in [2.75, 3.05) is 13.2 Å². The van der Waals surface area contributed by atoms with E-state index < -0.39 is 0 Å². The third-order valence-corrected chi connectivity index (χ3v) is 2.85. The Morgan fingerprint density at radius 3 is 3.00 bits per heavy atom. The zero-order chi connectivity index (χ0) is 12.1. The van der Waals surface area contributed by atoms with Crippen molar-refractivity contribution in [2.45, 2.75) is 19.4 Å². The van der Waals surface area contributed by atoms with Crippen LogP contribution in [0.15, 0.2) is 36.5 Å². The van der Waals surface area contributed by atoms with Gasteiger partial charge in [-0.25, -0.2) is 0 Å². The van der Waals surface area contributed by atoms with E-state index in [4.69, 9.17) is 0 Å². The molecule has 0 radical (unpaired) electrons. The molecule has 90 valence electrons. The number of nitrogens with one attached hydrogen (secondary N) is 1. The zero-order valence-corrected chi connectivity index (χ0v) is 10.1. The fourth-order valence-corrected chi connectivity index (χ4v) is 1.92. The van der Waals surface area contributed by atoms with Crippen LogP contribution in [0.1, 0.15) is 24.9 Å². The predicted octanol–water partition coefficient (Wildman–Crippen LogP) is 2.27. The molecule has 0 spiro atoms. The van der Waals surface area contributed by atoms with E-state index in [0.29, 0.717) is 0 Å². The number of hydrogen-bond donors (Lipinski definition) is 2. The van der Waals surface area contributed by atoms with Gasteiger partial charge in [0.25, 0.3) is 0 Å². The maximum Gasteiger partial charge on any atom is 0.0702 e. The van der Waals surface area contributed by atoms with Crippen LogP contribution in [0.2, 0.25) is 0 Å². The summed E-state index contributed by atoms with van der Waals surface area (Å²) < 4.78 is 0. The van der Waals surface area contributed by atoms with Gasteiger partial charge in [0.15, 0.2) is 0 Å². The quantitative estimate of drug-likeness (QED) is 0.828. The molecule has 2 aromatic rings. The van der Waals surface area contributed by atoms with Crippen LogP contribution >= 0.6 is 0 Å². The maximum atomic E-state index is 9.40. The van der Waals surface area contributed by atoms with Crippen molar-refractivity contribution in [2.24, 2.45) is 0 Å². The monoisotopic (exact) mass is 230 g/mol. The van der Waals surface area contributed by atoms with Gasteiger partial charge in [-0.2, -0.15) is 0 Å². The molecule has 2 rings (SSSR count). The molecule has 0 fully saturated rings. The summed E-state index contributed by atoms with van der Waals surface area (Å²) in [5.41, 5.74) is 2.10. The molecule has 0 bridgehead atoms. The normalized spacial score (nSPS) is 12.8. The van der Waals surface area contributed by atoms with Gasteiger partial charge in [-0.1, -0.05) is 19.1 Å². The molecule has 3 heteroatoms. The van der Waals surface area contributed by atoms with Gasteiger partial charge in [-0.05, 0) is 36.7 Å². The lowest BCUT2D eigenvalue weighted by Gasteiger charge is -2.16. The molecular weight excluding hydrogens is 212 g/mol. The number of benzene rings is 1. The topological polar surface area (TPSA) is 45.1 Å². The van der Waals surface area contributed by atoms with Crippen LogP contribution in [0.3, 0.4) is 0 Å². The van der Waals surface area contributed by atoms with Gasteiger partial charge < -0.3 is 10.4 Å². The molecule has 17 heavy (non-hydrogen) atoms. The minimum atomic E-state index is 0.0135. The first-order chi connectivity index (χ1) is 8.35. The van der Waals surface area contributed by atoms with Crippen LogP contribution in [0, 0.1) is 0 Å². The molecule has 1 unspecified atom stereocenters. The first-order valence-corrected chi connectivity index (χ1v) is 6.04. The highest BCUT2D eigenvalue weighted by atomic mass is 16.3. The van der Waals surface area contributed by atoms with E-state index in [1.165, 1.54) is 0 Å². The van der Waals surface area contributed by atoms with Crippen LogP contribution in [0.4, 0.5) is 0 Å². The summed E-state index contributed by atoms with van der Waals surface area (Å²) in [6.45, 7) is 3.15. The van der Waals surface area contributed by atoms with Gasteiger partial charge in [0.05, 0.1) is 18.2 Å². The highest BCUT2D eigenvalue weighted by molar-refractivity contribution is 5.79. The number of pyridine rings is 1. The first kappa shape index (κ1) is 12.0. The van der Waals surface area contributed by atoms with Gasteiger partial charge in [0.1, 0.15) is 0 Å². The van der Waals surface area contributed by atoms with Gasteiger partial charge in [0, 0.05) is 11.6 Å². The number of aliphatic hydroxyl groups is 1. The Hall–Kier alpha value is -1.45. The third kappa shape index (κ3) is 2.81. The molecular formula is C14H18N2O. The van der Waals surface area contributed by atoms with Crippen molar-refractivity contribution in [3.63, 3.8) is 0 Å². The van der Waals surface area contributed by atoms with E-state index in [2.05, 4.69) is 23.3 Å². The lowest BCUT2D eigenvalue weighted by molar-refractivity contribution is 0.245. The van der Waals surface area contributed by atoms with Crippen molar-refractivity contribution < 1.29 is 5.11 Å². The van der Waals surface area contributed by atoms with Crippen molar-refractivity contribution in [3.8, 4) is 0 Å². The number of hydrogen-bond acceptors (Lipinski definition) is 3. The Balaban J connectivity index is 2.27. The molecule has 0 aliphatic rings. The summed E-state index contributed by atoms with van der Waals surface area (Å²) in [6.07, 6.45) is 2.85. The average Bonchev–Trinajstić information content (AvgIpc) is 2.39.